The largest absolute Gasteiger partial charge is 0.354 e. The molecule has 4 rings (SSSR count). The number of amides is 1. The van der Waals surface area contributed by atoms with Gasteiger partial charge in [0.2, 0.25) is 0 Å². The molecule has 0 aromatic carbocycles. The van der Waals surface area contributed by atoms with Gasteiger partial charge in [0.1, 0.15) is 5.69 Å². The van der Waals surface area contributed by atoms with Crippen molar-refractivity contribution in [2.24, 2.45) is 0 Å². The maximum absolute atomic E-state index is 11.8. The molecule has 0 bridgehead atoms. The molecule has 1 atom stereocenters. The second-order valence-electron chi connectivity index (χ2n) is 8.16. The molecule has 0 unspecified atom stereocenters. The van der Waals surface area contributed by atoms with Crippen LogP contribution < -0.4 is 5.32 Å². The third-order valence-electron chi connectivity index (χ3n) is 5.98. The Morgan fingerprint density at radius 2 is 2.06 bits per heavy atom. The fraction of sp³-hybridized carbons (Fsp3) is 0.417. The first-order chi connectivity index (χ1) is 15.0. The van der Waals surface area contributed by atoms with Crippen LogP contribution in [0.4, 0.5) is 0 Å². The first-order valence-corrected chi connectivity index (χ1v) is 10.9. The van der Waals surface area contributed by atoms with Crippen molar-refractivity contribution in [2.45, 2.75) is 52.7 Å². The van der Waals surface area contributed by atoms with Crippen LogP contribution in [0.3, 0.4) is 0 Å². The van der Waals surface area contributed by atoms with Crippen molar-refractivity contribution in [1.29, 1.82) is 0 Å². The van der Waals surface area contributed by atoms with E-state index in [1.807, 2.05) is 17.7 Å². The predicted octanol–water partition coefficient (Wildman–Crippen LogP) is 3.67. The van der Waals surface area contributed by atoms with E-state index in [1.165, 1.54) is 12.0 Å². The molecule has 7 nitrogen and oxygen atoms in total. The van der Waals surface area contributed by atoms with E-state index in [9.17, 15) is 4.79 Å². The first kappa shape index (κ1) is 21.2. The van der Waals surface area contributed by atoms with E-state index in [4.69, 9.17) is 4.98 Å². The highest BCUT2D eigenvalue weighted by Crippen LogP contribution is 2.34. The molecular weight excluding hydrogens is 388 g/mol. The minimum absolute atomic E-state index is 0.179. The van der Waals surface area contributed by atoms with E-state index in [2.05, 4.69) is 52.5 Å². The summed E-state index contributed by atoms with van der Waals surface area (Å²) in [6.45, 7) is 9.08. The molecule has 1 N–H and O–H groups in total. The zero-order valence-corrected chi connectivity index (χ0v) is 18.7. The molecule has 162 valence electrons. The number of nitrogens with zero attached hydrogens (tertiary/aromatic N) is 5. The summed E-state index contributed by atoms with van der Waals surface area (Å²) in [7, 11) is 1.61. The average Bonchev–Trinajstić information content (AvgIpc) is 3.39. The number of aromatic nitrogens is 4. The first-order valence-electron chi connectivity index (χ1n) is 10.9. The lowest BCUT2D eigenvalue weighted by molar-refractivity contribution is 0.0958. The van der Waals surface area contributed by atoms with Gasteiger partial charge in [0, 0.05) is 49.4 Å². The van der Waals surface area contributed by atoms with Gasteiger partial charge < -0.3 is 5.32 Å². The Morgan fingerprint density at radius 1 is 1.23 bits per heavy atom. The van der Waals surface area contributed by atoms with Gasteiger partial charge in [-0.15, -0.1) is 0 Å². The number of hydrogen-bond acceptors (Lipinski definition) is 5. The van der Waals surface area contributed by atoms with Gasteiger partial charge in [-0.3, -0.25) is 24.3 Å². The lowest BCUT2D eigenvalue weighted by Crippen LogP contribution is -2.24. The topological polar surface area (TPSA) is 75.9 Å². The Kier molecular flexibility index (Phi) is 6.13. The highest BCUT2D eigenvalue weighted by Gasteiger charge is 2.28. The third kappa shape index (κ3) is 4.51. The molecule has 1 amide bonds. The summed E-state index contributed by atoms with van der Waals surface area (Å²) in [5.41, 5.74) is 6.97. The normalized spacial score (nSPS) is 16.6. The molecule has 31 heavy (non-hydrogen) atoms. The van der Waals surface area contributed by atoms with Gasteiger partial charge in [0.15, 0.2) is 0 Å². The maximum atomic E-state index is 11.8. The molecule has 1 saturated heterocycles. The van der Waals surface area contributed by atoms with E-state index in [-0.39, 0.29) is 5.91 Å². The quantitative estimate of drug-likeness (QED) is 0.661. The van der Waals surface area contributed by atoms with Crippen molar-refractivity contribution in [3.05, 3.63) is 65.0 Å². The van der Waals surface area contributed by atoms with Crippen LogP contribution >= 0.6 is 0 Å². The lowest BCUT2D eigenvalue weighted by Gasteiger charge is -2.24. The van der Waals surface area contributed by atoms with E-state index >= 15 is 0 Å². The van der Waals surface area contributed by atoms with Gasteiger partial charge >= 0.3 is 0 Å². The van der Waals surface area contributed by atoms with Crippen LogP contribution in [0.2, 0.25) is 0 Å². The Bertz CT molecular complexity index is 1070. The number of carbonyl (C=O) groups excluding carboxylic acids is 1. The predicted molar refractivity (Wildman–Crippen MR) is 121 cm³/mol. The van der Waals surface area contributed by atoms with Crippen LogP contribution in [0.25, 0.3) is 11.1 Å². The van der Waals surface area contributed by atoms with Crippen LogP contribution in [0.5, 0.6) is 0 Å². The summed E-state index contributed by atoms with van der Waals surface area (Å²) < 4.78 is 2.01. The fourth-order valence-electron chi connectivity index (χ4n) is 4.30. The molecule has 0 aliphatic carbocycles. The summed E-state index contributed by atoms with van der Waals surface area (Å²) >= 11 is 0. The van der Waals surface area contributed by atoms with Crippen molar-refractivity contribution in [3.8, 4) is 11.1 Å². The lowest BCUT2D eigenvalue weighted by atomic mass is 10.0. The fourth-order valence-corrected chi connectivity index (χ4v) is 4.30. The van der Waals surface area contributed by atoms with Crippen LogP contribution in [0.15, 0.2) is 36.7 Å². The molecule has 0 saturated carbocycles. The average molecular weight is 419 g/mol. The van der Waals surface area contributed by atoms with Gasteiger partial charge in [-0.1, -0.05) is 6.07 Å². The molecule has 4 heterocycles. The van der Waals surface area contributed by atoms with Crippen molar-refractivity contribution >= 4 is 5.91 Å². The summed E-state index contributed by atoms with van der Waals surface area (Å²) in [6.07, 6.45) is 6.20. The van der Waals surface area contributed by atoms with Crippen LogP contribution in [-0.2, 0) is 13.1 Å². The number of aryl methyl sites for hydroxylation is 3. The number of carbonyl (C=O) groups is 1. The number of rotatable bonds is 6. The van der Waals surface area contributed by atoms with Gasteiger partial charge in [0.25, 0.3) is 5.91 Å². The van der Waals surface area contributed by atoms with Crippen LogP contribution in [0, 0.1) is 13.8 Å². The van der Waals surface area contributed by atoms with E-state index < -0.39 is 0 Å². The summed E-state index contributed by atoms with van der Waals surface area (Å²) in [5, 5.41) is 7.21. The second kappa shape index (κ2) is 8.98. The smallest absolute Gasteiger partial charge is 0.269 e. The molecule has 1 aliphatic heterocycles. The van der Waals surface area contributed by atoms with Crippen molar-refractivity contribution in [3.63, 3.8) is 0 Å². The van der Waals surface area contributed by atoms with E-state index in [0.717, 1.165) is 54.3 Å². The number of pyridine rings is 2. The molecular formula is C24H30N6O. The van der Waals surface area contributed by atoms with Crippen molar-refractivity contribution in [2.75, 3.05) is 13.6 Å². The van der Waals surface area contributed by atoms with Crippen molar-refractivity contribution in [1.82, 2.24) is 30.0 Å². The molecule has 3 aromatic heterocycles. The number of likely N-dealkylation sites (tertiary alicyclic amines) is 1. The van der Waals surface area contributed by atoms with E-state index in [0.29, 0.717) is 11.7 Å². The standard InChI is InChI=1S/C24H30N6O/c1-5-30-15-20(17(3)28-30)14-29-10-6-7-23(29)22-12-19(11-16(2)27-22)18-8-9-21(26-13-18)24(31)25-4/h8-9,11-13,15,23H,5-7,10,14H2,1-4H3,(H,25,31)/t23-/m0/s1. The van der Waals surface area contributed by atoms with Gasteiger partial charge in [-0.25, -0.2) is 0 Å². The summed E-state index contributed by atoms with van der Waals surface area (Å²) in [4.78, 5) is 23.5. The van der Waals surface area contributed by atoms with Crippen LogP contribution in [0.1, 0.15) is 58.9 Å². The molecule has 7 heteroatoms. The third-order valence-corrected chi connectivity index (χ3v) is 5.98. The summed E-state index contributed by atoms with van der Waals surface area (Å²) in [5.74, 6) is -0.179. The Balaban J connectivity index is 1.59. The number of nitrogens with one attached hydrogen (secondary N) is 1. The molecule has 0 spiro atoms. The Hall–Kier alpha value is -3.06. The SMILES string of the molecule is CCn1cc(CN2CCC[C@H]2c2cc(-c3ccc(C(=O)NC)nc3)cc(C)n2)c(C)n1. The molecule has 1 fully saturated rings. The minimum atomic E-state index is -0.179. The number of hydrogen-bond donors (Lipinski definition) is 1. The molecule has 3 aromatic rings. The maximum Gasteiger partial charge on any atom is 0.269 e. The highest BCUT2D eigenvalue weighted by atomic mass is 16.1. The summed E-state index contributed by atoms with van der Waals surface area (Å²) in [6, 6.07) is 8.26. The zero-order valence-electron chi connectivity index (χ0n) is 18.7. The Labute approximate surface area is 183 Å². The monoisotopic (exact) mass is 418 g/mol. The van der Waals surface area contributed by atoms with Gasteiger partial charge in [-0.2, -0.15) is 5.10 Å². The van der Waals surface area contributed by atoms with Gasteiger partial charge in [-0.05, 0) is 63.9 Å². The van der Waals surface area contributed by atoms with Crippen molar-refractivity contribution < 1.29 is 4.79 Å². The molecule has 0 radical (unpaired) electrons. The van der Waals surface area contributed by atoms with E-state index in [1.54, 1.807) is 19.3 Å². The van der Waals surface area contributed by atoms with Gasteiger partial charge in [0.05, 0.1) is 17.4 Å². The minimum Gasteiger partial charge on any atom is -0.354 e. The highest BCUT2D eigenvalue weighted by molar-refractivity contribution is 5.92. The second-order valence-corrected chi connectivity index (χ2v) is 8.16. The van der Waals surface area contributed by atoms with Crippen LogP contribution in [-0.4, -0.2) is 44.1 Å². The molecule has 1 aliphatic rings. The Morgan fingerprint density at radius 3 is 2.74 bits per heavy atom. The zero-order chi connectivity index (χ0) is 22.0.